The molecular formula is C16H26N4O. The van der Waals surface area contributed by atoms with Crippen LogP contribution in [0.1, 0.15) is 25.3 Å². The van der Waals surface area contributed by atoms with Gasteiger partial charge in [0.2, 0.25) is 5.91 Å². The minimum Gasteiger partial charge on any atom is -0.353 e. The van der Waals surface area contributed by atoms with Crippen molar-refractivity contribution in [2.75, 3.05) is 26.7 Å². The van der Waals surface area contributed by atoms with Crippen molar-refractivity contribution in [1.29, 1.82) is 0 Å². The van der Waals surface area contributed by atoms with Gasteiger partial charge >= 0.3 is 0 Å². The predicted octanol–water partition coefficient (Wildman–Crippen LogP) is 1.02. The molecule has 2 heterocycles. The van der Waals surface area contributed by atoms with Gasteiger partial charge in [0.1, 0.15) is 0 Å². The molecule has 1 amide bonds. The molecule has 0 spiro atoms. The Hall–Kier alpha value is -1.46. The van der Waals surface area contributed by atoms with Crippen LogP contribution in [-0.2, 0) is 11.3 Å². The summed E-state index contributed by atoms with van der Waals surface area (Å²) in [6, 6.07) is 4.45. The normalized spacial score (nSPS) is 18.4. The van der Waals surface area contributed by atoms with E-state index in [2.05, 4.69) is 32.7 Å². The van der Waals surface area contributed by atoms with Crippen molar-refractivity contribution in [2.45, 2.75) is 32.4 Å². The van der Waals surface area contributed by atoms with Gasteiger partial charge in [-0.25, -0.2) is 0 Å². The average Bonchev–Trinajstić information content (AvgIpc) is 2.50. The molecule has 0 bridgehead atoms. The number of pyridine rings is 1. The molecule has 2 N–H and O–H groups in total. The fourth-order valence-electron chi connectivity index (χ4n) is 2.72. The third kappa shape index (κ3) is 5.10. The summed E-state index contributed by atoms with van der Waals surface area (Å²) in [6.45, 7) is 5.73. The average molecular weight is 290 g/mol. The maximum absolute atomic E-state index is 12.0. The first-order valence-corrected chi connectivity index (χ1v) is 7.75. The minimum absolute atomic E-state index is 0.0323. The maximum atomic E-state index is 12.0. The molecule has 1 atom stereocenters. The Labute approximate surface area is 127 Å². The van der Waals surface area contributed by atoms with E-state index in [-0.39, 0.29) is 11.8 Å². The summed E-state index contributed by atoms with van der Waals surface area (Å²) in [4.78, 5) is 18.5. The molecule has 1 unspecified atom stereocenters. The highest BCUT2D eigenvalue weighted by molar-refractivity contribution is 5.78. The van der Waals surface area contributed by atoms with Crippen molar-refractivity contribution < 1.29 is 4.79 Å². The molecule has 5 heteroatoms. The summed E-state index contributed by atoms with van der Waals surface area (Å²) < 4.78 is 0. The molecule has 2 rings (SSSR count). The van der Waals surface area contributed by atoms with Gasteiger partial charge in [-0.1, -0.05) is 6.92 Å². The number of nitrogens with zero attached hydrogens (tertiary/aromatic N) is 2. The van der Waals surface area contributed by atoms with Crippen LogP contribution in [-0.4, -0.2) is 48.5 Å². The second-order valence-electron chi connectivity index (χ2n) is 5.87. The molecule has 0 radical (unpaired) electrons. The van der Waals surface area contributed by atoms with Gasteiger partial charge in [0.05, 0.1) is 0 Å². The van der Waals surface area contributed by atoms with Crippen LogP contribution in [0, 0.1) is 5.92 Å². The van der Waals surface area contributed by atoms with Gasteiger partial charge in [-0.2, -0.15) is 0 Å². The number of hydrogen-bond donors (Lipinski definition) is 2. The largest absolute Gasteiger partial charge is 0.353 e. The van der Waals surface area contributed by atoms with E-state index in [0.29, 0.717) is 6.04 Å². The van der Waals surface area contributed by atoms with Crippen LogP contribution in [0.3, 0.4) is 0 Å². The zero-order valence-electron chi connectivity index (χ0n) is 13.0. The summed E-state index contributed by atoms with van der Waals surface area (Å²) >= 11 is 0. The number of likely N-dealkylation sites (tertiary alicyclic amines) is 1. The predicted molar refractivity (Wildman–Crippen MR) is 83.8 cm³/mol. The van der Waals surface area contributed by atoms with Crippen LogP contribution in [0.15, 0.2) is 24.5 Å². The van der Waals surface area contributed by atoms with Crippen LogP contribution in [0.4, 0.5) is 0 Å². The van der Waals surface area contributed by atoms with Crippen molar-refractivity contribution in [1.82, 2.24) is 20.5 Å². The third-order valence-electron chi connectivity index (χ3n) is 4.05. The summed E-state index contributed by atoms with van der Waals surface area (Å²) in [5.74, 6) is 0.196. The van der Waals surface area contributed by atoms with E-state index in [9.17, 15) is 4.79 Å². The Morgan fingerprint density at radius 2 is 2.05 bits per heavy atom. The second kappa shape index (κ2) is 8.10. The number of hydrogen-bond acceptors (Lipinski definition) is 4. The van der Waals surface area contributed by atoms with Gasteiger partial charge in [0, 0.05) is 50.5 Å². The molecule has 1 aromatic rings. The molecule has 0 saturated carbocycles. The smallest absolute Gasteiger partial charge is 0.224 e. The molecule has 0 aliphatic carbocycles. The Bertz CT molecular complexity index is 429. The summed E-state index contributed by atoms with van der Waals surface area (Å²) in [5.41, 5.74) is 1.30. The highest BCUT2D eigenvalue weighted by Crippen LogP contribution is 2.14. The van der Waals surface area contributed by atoms with Gasteiger partial charge in [-0.3, -0.25) is 14.7 Å². The number of carbonyl (C=O) groups is 1. The lowest BCUT2D eigenvalue weighted by molar-refractivity contribution is -0.125. The van der Waals surface area contributed by atoms with Gasteiger partial charge < -0.3 is 10.6 Å². The van der Waals surface area contributed by atoms with Crippen LogP contribution in [0.25, 0.3) is 0 Å². The molecule has 5 nitrogen and oxygen atoms in total. The molecule has 1 aliphatic rings. The Morgan fingerprint density at radius 1 is 1.38 bits per heavy atom. The Morgan fingerprint density at radius 3 is 2.67 bits per heavy atom. The first kappa shape index (κ1) is 15.9. The van der Waals surface area contributed by atoms with Gasteiger partial charge in [-0.05, 0) is 37.6 Å². The lowest BCUT2D eigenvalue weighted by Crippen LogP contribution is -2.46. The van der Waals surface area contributed by atoms with E-state index in [1.165, 1.54) is 5.56 Å². The van der Waals surface area contributed by atoms with Gasteiger partial charge in [-0.15, -0.1) is 0 Å². The molecule has 1 fully saturated rings. The molecule has 1 aromatic heterocycles. The highest BCUT2D eigenvalue weighted by Gasteiger charge is 2.22. The number of aromatic nitrogens is 1. The van der Waals surface area contributed by atoms with Crippen molar-refractivity contribution >= 4 is 5.91 Å². The zero-order valence-corrected chi connectivity index (χ0v) is 13.0. The maximum Gasteiger partial charge on any atom is 0.224 e. The first-order chi connectivity index (χ1) is 10.2. The molecular weight excluding hydrogens is 264 g/mol. The van der Waals surface area contributed by atoms with Crippen LogP contribution in [0.2, 0.25) is 0 Å². The summed E-state index contributed by atoms with van der Waals surface area (Å²) in [5, 5.41) is 6.22. The van der Waals surface area contributed by atoms with Crippen molar-refractivity contribution in [3.05, 3.63) is 30.1 Å². The molecule has 21 heavy (non-hydrogen) atoms. The van der Waals surface area contributed by atoms with E-state index in [1.807, 2.05) is 26.4 Å². The number of piperidine rings is 1. The fourth-order valence-corrected chi connectivity index (χ4v) is 2.72. The van der Waals surface area contributed by atoms with E-state index in [1.54, 1.807) is 0 Å². The summed E-state index contributed by atoms with van der Waals surface area (Å²) in [7, 11) is 1.88. The van der Waals surface area contributed by atoms with Crippen LogP contribution < -0.4 is 10.6 Å². The molecule has 1 aliphatic heterocycles. The molecule has 116 valence electrons. The number of nitrogens with one attached hydrogen (secondary N) is 2. The lowest BCUT2D eigenvalue weighted by atomic mass is 10.0. The number of amides is 1. The van der Waals surface area contributed by atoms with Gasteiger partial charge in [0.15, 0.2) is 0 Å². The van der Waals surface area contributed by atoms with Crippen LogP contribution >= 0.6 is 0 Å². The van der Waals surface area contributed by atoms with Crippen molar-refractivity contribution in [3.63, 3.8) is 0 Å². The number of carbonyl (C=O) groups excluding carboxylic acids is 1. The first-order valence-electron chi connectivity index (χ1n) is 7.75. The van der Waals surface area contributed by atoms with E-state index in [0.717, 1.165) is 39.0 Å². The Balaban J connectivity index is 1.72. The third-order valence-corrected chi connectivity index (χ3v) is 4.05. The molecule has 1 saturated heterocycles. The minimum atomic E-state index is 0.0323. The SMILES string of the molecule is CNCC(C)C(=O)NC1CCN(Cc2ccncc2)CC1. The highest BCUT2D eigenvalue weighted by atomic mass is 16.1. The zero-order chi connectivity index (χ0) is 15.1. The number of rotatable bonds is 6. The van der Waals surface area contributed by atoms with E-state index >= 15 is 0 Å². The van der Waals surface area contributed by atoms with Gasteiger partial charge in [0.25, 0.3) is 0 Å². The van der Waals surface area contributed by atoms with E-state index in [4.69, 9.17) is 0 Å². The quantitative estimate of drug-likeness (QED) is 0.821. The second-order valence-corrected chi connectivity index (χ2v) is 5.87. The fraction of sp³-hybridized carbons (Fsp3) is 0.625. The van der Waals surface area contributed by atoms with Crippen molar-refractivity contribution in [2.24, 2.45) is 5.92 Å². The standard InChI is InChI=1S/C16H26N4O/c1-13(11-17-2)16(21)19-15-5-9-20(10-6-15)12-14-3-7-18-8-4-14/h3-4,7-8,13,15,17H,5-6,9-12H2,1-2H3,(H,19,21). The van der Waals surface area contributed by atoms with E-state index < -0.39 is 0 Å². The van der Waals surface area contributed by atoms with Crippen LogP contribution in [0.5, 0.6) is 0 Å². The Kier molecular flexibility index (Phi) is 6.14. The topological polar surface area (TPSA) is 57.3 Å². The lowest BCUT2D eigenvalue weighted by Gasteiger charge is -2.32. The summed E-state index contributed by atoms with van der Waals surface area (Å²) in [6.07, 6.45) is 5.74. The molecule has 0 aromatic carbocycles. The monoisotopic (exact) mass is 290 g/mol. The van der Waals surface area contributed by atoms with Crippen molar-refractivity contribution in [3.8, 4) is 0 Å².